The number of pyridine rings is 1. The summed E-state index contributed by atoms with van der Waals surface area (Å²) in [5.41, 5.74) is 1.79. The molecule has 3 heterocycles. The van der Waals surface area contributed by atoms with Crippen molar-refractivity contribution in [1.29, 1.82) is 0 Å². The van der Waals surface area contributed by atoms with Crippen LogP contribution in [0.5, 0.6) is 0 Å². The van der Waals surface area contributed by atoms with E-state index in [-0.39, 0.29) is 12.2 Å². The summed E-state index contributed by atoms with van der Waals surface area (Å²) in [4.78, 5) is 22.2. The Balaban J connectivity index is 1.63. The van der Waals surface area contributed by atoms with Gasteiger partial charge in [0.1, 0.15) is 4.83 Å². The van der Waals surface area contributed by atoms with Gasteiger partial charge >= 0.3 is 0 Å². The first-order chi connectivity index (χ1) is 12.0. The summed E-state index contributed by atoms with van der Waals surface area (Å²) in [6.07, 6.45) is -0.587. The number of β-amino-alcohol motifs (C(OH)–C–C–N with tert-alkyl or cyclic N) is 2. The molecular weight excluding hydrogens is 340 g/mol. The molecule has 2 aromatic heterocycles. The van der Waals surface area contributed by atoms with Crippen molar-refractivity contribution in [2.45, 2.75) is 26.5 Å². The van der Waals surface area contributed by atoms with E-state index in [0.717, 1.165) is 42.3 Å². The first kappa shape index (κ1) is 18.5. The highest BCUT2D eigenvalue weighted by Crippen LogP contribution is 2.19. The van der Waals surface area contributed by atoms with Crippen LogP contribution < -0.4 is 5.56 Å². The van der Waals surface area contributed by atoms with Crippen molar-refractivity contribution in [3.8, 4) is 0 Å². The van der Waals surface area contributed by atoms with Crippen LogP contribution in [0.2, 0.25) is 0 Å². The highest BCUT2D eigenvalue weighted by molar-refractivity contribution is 7.13. The minimum absolute atomic E-state index is 0.0585. The van der Waals surface area contributed by atoms with Crippen molar-refractivity contribution in [2.24, 2.45) is 0 Å². The molecule has 25 heavy (non-hydrogen) atoms. The molecule has 0 bridgehead atoms. The molecule has 1 saturated heterocycles. The molecule has 2 aromatic rings. The van der Waals surface area contributed by atoms with Gasteiger partial charge in [-0.1, -0.05) is 0 Å². The lowest BCUT2D eigenvalue weighted by atomic mass is 10.2. The van der Waals surface area contributed by atoms with Crippen LogP contribution in [0.3, 0.4) is 0 Å². The molecular formula is C17H26N4O3S. The number of hydrogen-bond donors (Lipinski definition) is 2. The average Bonchev–Trinajstić information content (AvgIpc) is 2.85. The van der Waals surface area contributed by atoms with Crippen LogP contribution in [0.1, 0.15) is 11.3 Å². The number of aliphatic hydroxyl groups excluding tert-OH is 2. The van der Waals surface area contributed by atoms with E-state index in [9.17, 15) is 9.90 Å². The molecule has 138 valence electrons. The molecule has 0 spiro atoms. The first-order valence-electron chi connectivity index (χ1n) is 8.69. The van der Waals surface area contributed by atoms with Gasteiger partial charge in [0.05, 0.1) is 24.6 Å². The van der Waals surface area contributed by atoms with Crippen molar-refractivity contribution < 1.29 is 10.2 Å². The van der Waals surface area contributed by atoms with Gasteiger partial charge in [-0.05, 0) is 37.0 Å². The molecule has 3 rings (SSSR count). The molecule has 1 atom stereocenters. The smallest absolute Gasteiger partial charge is 0.270 e. The second kappa shape index (κ2) is 7.92. The molecule has 1 unspecified atom stereocenters. The predicted octanol–water partition coefficient (Wildman–Crippen LogP) is 0.0456. The number of rotatable bonds is 6. The van der Waals surface area contributed by atoms with E-state index < -0.39 is 6.10 Å². The Morgan fingerprint density at radius 3 is 2.56 bits per heavy atom. The van der Waals surface area contributed by atoms with Crippen molar-refractivity contribution in [3.05, 3.63) is 27.7 Å². The van der Waals surface area contributed by atoms with Gasteiger partial charge in [0.15, 0.2) is 0 Å². The van der Waals surface area contributed by atoms with E-state index in [1.54, 1.807) is 3.96 Å². The summed E-state index contributed by atoms with van der Waals surface area (Å²) >= 11 is 1.33. The van der Waals surface area contributed by atoms with Crippen LogP contribution in [-0.4, -0.2) is 80.9 Å². The fourth-order valence-electron chi connectivity index (χ4n) is 3.40. The zero-order valence-electron chi connectivity index (χ0n) is 14.8. The average molecular weight is 366 g/mol. The van der Waals surface area contributed by atoms with Crippen LogP contribution in [0.4, 0.5) is 0 Å². The van der Waals surface area contributed by atoms with Gasteiger partial charge in [0.25, 0.3) is 5.56 Å². The minimum atomic E-state index is -0.587. The quantitative estimate of drug-likeness (QED) is 0.752. The maximum atomic E-state index is 12.6. The zero-order chi connectivity index (χ0) is 18.0. The summed E-state index contributed by atoms with van der Waals surface area (Å²) in [5, 5.41) is 20.1. The van der Waals surface area contributed by atoms with Gasteiger partial charge in [0.2, 0.25) is 0 Å². The molecule has 0 amide bonds. The van der Waals surface area contributed by atoms with E-state index in [4.69, 9.17) is 5.11 Å². The summed E-state index contributed by atoms with van der Waals surface area (Å²) in [6.45, 7) is 9.15. The van der Waals surface area contributed by atoms with Gasteiger partial charge in [0, 0.05) is 45.0 Å². The highest BCUT2D eigenvalue weighted by atomic mass is 32.1. The lowest BCUT2D eigenvalue weighted by Crippen LogP contribution is -2.49. The fraction of sp³-hybridized carbons (Fsp3) is 0.647. The van der Waals surface area contributed by atoms with Crippen LogP contribution in [-0.2, 0) is 6.54 Å². The first-order valence-corrected chi connectivity index (χ1v) is 9.47. The van der Waals surface area contributed by atoms with Gasteiger partial charge in [-0.15, -0.1) is 0 Å². The minimum Gasteiger partial charge on any atom is -0.395 e. The van der Waals surface area contributed by atoms with Crippen molar-refractivity contribution in [3.63, 3.8) is 0 Å². The topological polar surface area (TPSA) is 81.8 Å². The largest absolute Gasteiger partial charge is 0.395 e. The number of nitrogens with zero attached hydrogens (tertiary/aromatic N) is 4. The van der Waals surface area contributed by atoms with Crippen molar-refractivity contribution >= 4 is 21.7 Å². The Morgan fingerprint density at radius 2 is 1.88 bits per heavy atom. The molecule has 1 aliphatic heterocycles. The van der Waals surface area contributed by atoms with Gasteiger partial charge < -0.3 is 10.2 Å². The van der Waals surface area contributed by atoms with Gasteiger partial charge in [-0.3, -0.25) is 18.6 Å². The molecule has 7 nitrogen and oxygen atoms in total. The third-order valence-electron chi connectivity index (χ3n) is 4.68. The van der Waals surface area contributed by atoms with Crippen molar-refractivity contribution in [2.75, 3.05) is 45.9 Å². The molecule has 8 heteroatoms. The van der Waals surface area contributed by atoms with E-state index in [1.807, 2.05) is 19.9 Å². The van der Waals surface area contributed by atoms with Gasteiger partial charge in [-0.25, -0.2) is 4.98 Å². The summed E-state index contributed by atoms with van der Waals surface area (Å²) in [6, 6.07) is 1.92. The number of aromatic nitrogens is 2. The number of hydrogen-bond acceptors (Lipinski definition) is 7. The Kier molecular flexibility index (Phi) is 5.85. The third kappa shape index (κ3) is 4.27. The van der Waals surface area contributed by atoms with Crippen LogP contribution in [0.25, 0.3) is 10.2 Å². The number of piperazine rings is 1. The second-order valence-corrected chi connectivity index (χ2v) is 7.75. The van der Waals surface area contributed by atoms with Crippen molar-refractivity contribution in [1.82, 2.24) is 18.7 Å². The molecule has 0 saturated carbocycles. The molecule has 0 aromatic carbocycles. The zero-order valence-corrected chi connectivity index (χ0v) is 15.6. The van der Waals surface area contributed by atoms with Crippen LogP contribution >= 0.6 is 11.5 Å². The molecule has 0 aliphatic carbocycles. The summed E-state index contributed by atoms with van der Waals surface area (Å²) in [5.74, 6) is 0. The van der Waals surface area contributed by atoms with E-state index >= 15 is 0 Å². The third-order valence-corrected chi connectivity index (χ3v) is 5.68. The monoisotopic (exact) mass is 366 g/mol. The molecule has 0 radical (unpaired) electrons. The Bertz CT molecular complexity index is 780. The van der Waals surface area contributed by atoms with Crippen LogP contribution in [0.15, 0.2) is 10.9 Å². The van der Waals surface area contributed by atoms with E-state index in [0.29, 0.717) is 25.0 Å². The highest BCUT2D eigenvalue weighted by Gasteiger charge is 2.20. The van der Waals surface area contributed by atoms with E-state index in [2.05, 4.69) is 14.8 Å². The van der Waals surface area contributed by atoms with E-state index in [1.165, 1.54) is 11.5 Å². The lowest BCUT2D eigenvalue weighted by molar-refractivity contribution is 0.0600. The predicted molar refractivity (Wildman–Crippen MR) is 99.3 cm³/mol. The maximum absolute atomic E-state index is 12.6. The molecule has 1 fully saturated rings. The Hall–Kier alpha value is -1.32. The summed E-state index contributed by atoms with van der Waals surface area (Å²) in [7, 11) is 0. The normalized spacial score (nSPS) is 18.1. The maximum Gasteiger partial charge on any atom is 0.270 e. The SMILES string of the molecule is Cc1cc(C)c2c(=O)n(CC(O)CN3CCN(CCO)CC3)sc2n1. The van der Waals surface area contributed by atoms with Gasteiger partial charge in [-0.2, -0.15) is 0 Å². The number of fused-ring (bicyclic) bond motifs is 1. The standard InChI is InChI=1S/C17H26N4O3S/c1-12-9-13(2)18-16-15(12)17(24)21(25-16)11-14(23)10-20-5-3-19(4-6-20)7-8-22/h9,14,22-23H,3-8,10-11H2,1-2H3. The second-order valence-electron chi connectivity index (χ2n) is 6.74. The van der Waals surface area contributed by atoms with Crippen LogP contribution in [0, 0.1) is 13.8 Å². The fourth-order valence-corrected chi connectivity index (χ4v) is 4.56. The number of aryl methyl sites for hydroxylation is 2. The molecule has 1 aliphatic rings. The molecule has 2 N–H and O–H groups in total. The summed E-state index contributed by atoms with van der Waals surface area (Å²) < 4.78 is 1.62. The number of aliphatic hydroxyl groups is 2. The Morgan fingerprint density at radius 1 is 1.20 bits per heavy atom. The lowest BCUT2D eigenvalue weighted by Gasteiger charge is -2.35. The Labute approximate surface area is 151 Å².